The molecule has 1 heterocycles. The summed E-state index contributed by atoms with van der Waals surface area (Å²) in [6.07, 6.45) is 2.72. The molecular weight excluding hydrogens is 206 g/mol. The van der Waals surface area contributed by atoms with E-state index in [2.05, 4.69) is 22.9 Å². The Balaban J connectivity index is 2.51. The number of rotatable bonds is 5. The Morgan fingerprint density at radius 2 is 2.19 bits per heavy atom. The van der Waals surface area contributed by atoms with Gasteiger partial charge in [-0.05, 0) is 19.4 Å². The van der Waals surface area contributed by atoms with Crippen molar-refractivity contribution in [2.75, 3.05) is 26.7 Å². The van der Waals surface area contributed by atoms with Gasteiger partial charge in [-0.3, -0.25) is 9.59 Å². The van der Waals surface area contributed by atoms with E-state index in [0.29, 0.717) is 0 Å². The molecule has 16 heavy (non-hydrogen) atoms. The monoisotopic (exact) mass is 227 g/mol. The Morgan fingerprint density at radius 3 is 2.69 bits per heavy atom. The van der Waals surface area contributed by atoms with Crippen molar-refractivity contribution in [1.29, 1.82) is 0 Å². The van der Waals surface area contributed by atoms with Crippen molar-refractivity contribution in [3.8, 4) is 0 Å². The van der Waals surface area contributed by atoms with Crippen molar-refractivity contribution in [2.45, 2.75) is 26.2 Å². The van der Waals surface area contributed by atoms with Crippen molar-refractivity contribution in [1.82, 2.24) is 16.0 Å². The topological polar surface area (TPSA) is 70.2 Å². The van der Waals surface area contributed by atoms with Crippen LogP contribution in [-0.2, 0) is 9.59 Å². The Hall–Kier alpha value is -1.10. The standard InChI is InChI=1S/C11H21N3O2/c1-3-4-11(5-6-13-8-11)10(16)14-7-9(15)12-2/h13H,3-8H2,1-2H3,(H,12,15)(H,14,16). The quantitative estimate of drug-likeness (QED) is 0.600. The molecule has 1 atom stereocenters. The summed E-state index contributed by atoms with van der Waals surface area (Å²) >= 11 is 0. The molecule has 3 N–H and O–H groups in total. The maximum absolute atomic E-state index is 12.0. The largest absolute Gasteiger partial charge is 0.358 e. The fourth-order valence-electron chi connectivity index (χ4n) is 2.18. The van der Waals surface area contributed by atoms with Crippen LogP contribution < -0.4 is 16.0 Å². The number of amides is 2. The molecule has 0 saturated carbocycles. The van der Waals surface area contributed by atoms with Crippen LogP contribution >= 0.6 is 0 Å². The van der Waals surface area contributed by atoms with Crippen molar-refractivity contribution in [3.63, 3.8) is 0 Å². The summed E-state index contributed by atoms with van der Waals surface area (Å²) in [5, 5.41) is 8.42. The first kappa shape index (κ1) is 13.0. The zero-order valence-electron chi connectivity index (χ0n) is 10.1. The highest BCUT2D eigenvalue weighted by atomic mass is 16.2. The Labute approximate surface area is 96.4 Å². The van der Waals surface area contributed by atoms with Gasteiger partial charge in [-0.15, -0.1) is 0 Å². The summed E-state index contributed by atoms with van der Waals surface area (Å²) in [6.45, 7) is 3.75. The smallest absolute Gasteiger partial charge is 0.239 e. The number of hydrogen-bond donors (Lipinski definition) is 3. The molecule has 1 aliphatic rings. The van der Waals surface area contributed by atoms with Gasteiger partial charge < -0.3 is 16.0 Å². The predicted octanol–water partition coefficient (Wildman–Crippen LogP) is -0.372. The molecule has 92 valence electrons. The van der Waals surface area contributed by atoms with Crippen LogP contribution in [0.3, 0.4) is 0 Å². The fraction of sp³-hybridized carbons (Fsp3) is 0.818. The SMILES string of the molecule is CCCC1(C(=O)NCC(=O)NC)CCNC1. The zero-order chi connectivity index (χ0) is 12.0. The van der Waals surface area contributed by atoms with Gasteiger partial charge >= 0.3 is 0 Å². The maximum atomic E-state index is 12.0. The second-order valence-electron chi connectivity index (χ2n) is 4.31. The van der Waals surface area contributed by atoms with Gasteiger partial charge in [-0.2, -0.15) is 0 Å². The molecule has 0 radical (unpaired) electrons. The molecule has 5 nitrogen and oxygen atoms in total. The molecule has 0 aromatic heterocycles. The lowest BCUT2D eigenvalue weighted by atomic mass is 9.81. The molecule has 1 saturated heterocycles. The Morgan fingerprint density at radius 1 is 1.44 bits per heavy atom. The van der Waals surface area contributed by atoms with Gasteiger partial charge in [-0.25, -0.2) is 0 Å². The van der Waals surface area contributed by atoms with E-state index in [1.807, 2.05) is 0 Å². The molecule has 0 aromatic rings. The minimum Gasteiger partial charge on any atom is -0.358 e. The molecule has 1 rings (SSSR count). The number of hydrogen-bond acceptors (Lipinski definition) is 3. The van der Waals surface area contributed by atoms with Crippen LogP contribution in [0.1, 0.15) is 26.2 Å². The highest BCUT2D eigenvalue weighted by molar-refractivity contribution is 5.88. The lowest BCUT2D eigenvalue weighted by molar-refractivity contribution is -0.132. The number of carbonyl (C=O) groups is 2. The predicted molar refractivity (Wildman–Crippen MR) is 61.9 cm³/mol. The zero-order valence-corrected chi connectivity index (χ0v) is 10.1. The van der Waals surface area contributed by atoms with E-state index in [1.54, 1.807) is 7.05 Å². The summed E-state index contributed by atoms with van der Waals surface area (Å²) in [5.41, 5.74) is -0.303. The van der Waals surface area contributed by atoms with E-state index >= 15 is 0 Å². The van der Waals surface area contributed by atoms with Crippen molar-refractivity contribution in [2.24, 2.45) is 5.41 Å². The van der Waals surface area contributed by atoms with Crippen LogP contribution in [0.15, 0.2) is 0 Å². The lowest BCUT2D eigenvalue weighted by Crippen LogP contribution is -2.45. The molecule has 1 aliphatic heterocycles. The van der Waals surface area contributed by atoms with Gasteiger partial charge in [0.2, 0.25) is 11.8 Å². The summed E-state index contributed by atoms with van der Waals surface area (Å²) in [7, 11) is 1.56. The van der Waals surface area contributed by atoms with E-state index in [1.165, 1.54) is 0 Å². The van der Waals surface area contributed by atoms with E-state index in [-0.39, 0.29) is 23.8 Å². The van der Waals surface area contributed by atoms with E-state index in [0.717, 1.165) is 32.4 Å². The number of likely N-dealkylation sites (N-methyl/N-ethyl adjacent to an activating group) is 1. The summed E-state index contributed by atoms with van der Waals surface area (Å²) < 4.78 is 0. The second kappa shape index (κ2) is 5.84. The first-order valence-electron chi connectivity index (χ1n) is 5.84. The van der Waals surface area contributed by atoms with Crippen LogP contribution in [0.4, 0.5) is 0 Å². The average molecular weight is 227 g/mol. The van der Waals surface area contributed by atoms with Gasteiger partial charge in [0.05, 0.1) is 12.0 Å². The first-order chi connectivity index (χ1) is 7.64. The fourth-order valence-corrected chi connectivity index (χ4v) is 2.18. The molecule has 1 unspecified atom stereocenters. The van der Waals surface area contributed by atoms with Crippen molar-refractivity contribution in [3.05, 3.63) is 0 Å². The van der Waals surface area contributed by atoms with Crippen molar-refractivity contribution >= 4 is 11.8 Å². The average Bonchev–Trinajstić information content (AvgIpc) is 2.75. The highest BCUT2D eigenvalue weighted by Crippen LogP contribution is 2.31. The third-order valence-corrected chi connectivity index (χ3v) is 3.14. The molecule has 0 aliphatic carbocycles. The maximum Gasteiger partial charge on any atom is 0.239 e. The van der Waals surface area contributed by atoms with Crippen LogP contribution in [0.2, 0.25) is 0 Å². The highest BCUT2D eigenvalue weighted by Gasteiger charge is 2.40. The van der Waals surface area contributed by atoms with Gasteiger partial charge in [-0.1, -0.05) is 13.3 Å². The van der Waals surface area contributed by atoms with Crippen LogP contribution in [0, 0.1) is 5.41 Å². The molecular formula is C11H21N3O2. The first-order valence-corrected chi connectivity index (χ1v) is 5.84. The number of nitrogens with one attached hydrogen (secondary N) is 3. The number of carbonyl (C=O) groups excluding carboxylic acids is 2. The Kier molecular flexibility index (Phi) is 4.73. The molecule has 0 aromatic carbocycles. The van der Waals surface area contributed by atoms with Gasteiger partial charge in [0, 0.05) is 13.6 Å². The third kappa shape index (κ3) is 2.95. The summed E-state index contributed by atoms with van der Waals surface area (Å²) in [4.78, 5) is 23.1. The second-order valence-corrected chi connectivity index (χ2v) is 4.31. The molecule has 2 amide bonds. The Bertz CT molecular complexity index is 260. The van der Waals surface area contributed by atoms with E-state index in [9.17, 15) is 9.59 Å². The minimum absolute atomic E-state index is 0.00273. The minimum atomic E-state index is -0.303. The normalized spacial score (nSPS) is 24.1. The van der Waals surface area contributed by atoms with Gasteiger partial charge in [0.15, 0.2) is 0 Å². The van der Waals surface area contributed by atoms with E-state index in [4.69, 9.17) is 0 Å². The molecule has 0 spiro atoms. The van der Waals surface area contributed by atoms with Crippen LogP contribution in [0.5, 0.6) is 0 Å². The molecule has 5 heteroatoms. The lowest BCUT2D eigenvalue weighted by Gasteiger charge is -2.26. The van der Waals surface area contributed by atoms with E-state index < -0.39 is 0 Å². The van der Waals surface area contributed by atoms with Crippen molar-refractivity contribution < 1.29 is 9.59 Å². The molecule has 0 bridgehead atoms. The van der Waals surface area contributed by atoms with Gasteiger partial charge in [0.1, 0.15) is 0 Å². The van der Waals surface area contributed by atoms with Crippen LogP contribution in [0.25, 0.3) is 0 Å². The summed E-state index contributed by atoms with van der Waals surface area (Å²) in [6, 6.07) is 0. The summed E-state index contributed by atoms with van der Waals surface area (Å²) in [5.74, 6) is -0.158. The van der Waals surface area contributed by atoms with Gasteiger partial charge in [0.25, 0.3) is 0 Å². The van der Waals surface area contributed by atoms with Crippen LogP contribution in [-0.4, -0.2) is 38.5 Å². The third-order valence-electron chi connectivity index (χ3n) is 3.14. The molecule has 1 fully saturated rings.